The van der Waals surface area contributed by atoms with E-state index in [1.807, 2.05) is 17.4 Å². The Morgan fingerprint density at radius 2 is 1.11 bits per heavy atom. The van der Waals surface area contributed by atoms with Crippen molar-refractivity contribution >= 4 is 103 Å². The van der Waals surface area contributed by atoms with Gasteiger partial charge in [-0.2, -0.15) is 0 Å². The second-order valence-electron chi connectivity index (χ2n) is 11.7. The molecular weight excluding hydrogens is 567 g/mol. The predicted octanol–water partition coefficient (Wildman–Crippen LogP) is 12.9. The minimum atomic E-state index is 0.925. The minimum Gasteiger partial charge on any atom is -0.455 e. The van der Waals surface area contributed by atoms with E-state index >= 15 is 0 Å². The fourth-order valence-corrected chi connectivity index (χ4v) is 8.43. The van der Waals surface area contributed by atoms with Crippen LogP contribution in [0.3, 0.4) is 0 Å². The molecule has 2 aromatic heterocycles. The van der Waals surface area contributed by atoms with Crippen LogP contribution in [0.5, 0.6) is 0 Å². The summed E-state index contributed by atoms with van der Waals surface area (Å²) in [6.07, 6.45) is 0. The lowest BCUT2D eigenvalue weighted by molar-refractivity contribution is 0.673. The van der Waals surface area contributed by atoms with Crippen molar-refractivity contribution in [2.75, 3.05) is 4.90 Å². The highest BCUT2D eigenvalue weighted by molar-refractivity contribution is 7.26. The van der Waals surface area contributed by atoms with Gasteiger partial charge in [-0.1, -0.05) is 97.1 Å². The molecule has 45 heavy (non-hydrogen) atoms. The van der Waals surface area contributed by atoms with Crippen molar-refractivity contribution in [3.05, 3.63) is 152 Å². The highest BCUT2D eigenvalue weighted by Crippen LogP contribution is 2.47. The normalized spacial score (nSPS) is 12.0. The SMILES string of the molecule is c1ccc(N(c2ccc3c(ccc4c5oc6ccccc6c5c5ccccc5c34)c2)c2cccc3sc4ccccc4c23)cc1. The second-order valence-corrected chi connectivity index (χ2v) is 12.7. The molecule has 8 aromatic carbocycles. The number of furan rings is 1. The average Bonchev–Trinajstić information content (AvgIpc) is 3.68. The number of benzene rings is 8. The van der Waals surface area contributed by atoms with Crippen LogP contribution < -0.4 is 4.90 Å². The van der Waals surface area contributed by atoms with Crippen LogP contribution in [0.2, 0.25) is 0 Å². The Morgan fingerprint density at radius 1 is 0.422 bits per heavy atom. The van der Waals surface area contributed by atoms with Crippen molar-refractivity contribution in [3.8, 4) is 0 Å². The molecular formula is C42H25NOS. The highest BCUT2D eigenvalue weighted by Gasteiger charge is 2.20. The van der Waals surface area contributed by atoms with E-state index in [-0.39, 0.29) is 0 Å². The van der Waals surface area contributed by atoms with E-state index in [1.165, 1.54) is 58.2 Å². The van der Waals surface area contributed by atoms with Crippen molar-refractivity contribution < 1.29 is 4.42 Å². The molecule has 0 unspecified atom stereocenters. The van der Waals surface area contributed by atoms with Gasteiger partial charge in [0.15, 0.2) is 0 Å². The smallest absolute Gasteiger partial charge is 0.143 e. The first-order valence-electron chi connectivity index (χ1n) is 15.3. The van der Waals surface area contributed by atoms with E-state index in [4.69, 9.17) is 4.42 Å². The van der Waals surface area contributed by atoms with Gasteiger partial charge in [-0.05, 0) is 76.1 Å². The van der Waals surface area contributed by atoms with Crippen LogP contribution in [0, 0.1) is 0 Å². The van der Waals surface area contributed by atoms with Gasteiger partial charge in [-0.3, -0.25) is 0 Å². The molecule has 0 saturated carbocycles. The quantitative estimate of drug-likeness (QED) is 0.190. The zero-order valence-corrected chi connectivity index (χ0v) is 25.0. The number of nitrogens with zero attached hydrogens (tertiary/aromatic N) is 1. The number of hydrogen-bond acceptors (Lipinski definition) is 3. The Balaban J connectivity index is 1.27. The summed E-state index contributed by atoms with van der Waals surface area (Å²) >= 11 is 1.86. The molecule has 3 heteroatoms. The Bertz CT molecular complexity index is 2770. The molecule has 0 fully saturated rings. The molecule has 0 amide bonds. The Labute approximate surface area is 263 Å². The molecule has 0 saturated heterocycles. The van der Waals surface area contributed by atoms with Gasteiger partial charge >= 0.3 is 0 Å². The lowest BCUT2D eigenvalue weighted by atomic mass is 9.93. The van der Waals surface area contributed by atoms with Crippen molar-refractivity contribution in [1.82, 2.24) is 0 Å². The Morgan fingerprint density at radius 3 is 1.98 bits per heavy atom. The van der Waals surface area contributed by atoms with Crippen molar-refractivity contribution in [2.45, 2.75) is 0 Å². The largest absolute Gasteiger partial charge is 0.455 e. The van der Waals surface area contributed by atoms with Crippen LogP contribution in [-0.2, 0) is 0 Å². The van der Waals surface area contributed by atoms with E-state index in [2.05, 4.69) is 150 Å². The Kier molecular flexibility index (Phi) is 5.19. The third-order valence-electron chi connectivity index (χ3n) is 9.20. The van der Waals surface area contributed by atoms with Gasteiger partial charge in [0.2, 0.25) is 0 Å². The van der Waals surface area contributed by atoms with E-state index in [0.29, 0.717) is 0 Å². The first kappa shape index (κ1) is 24.8. The molecule has 0 aliphatic heterocycles. The second kappa shape index (κ2) is 9.43. The average molecular weight is 592 g/mol. The van der Waals surface area contributed by atoms with Gasteiger partial charge in [-0.15, -0.1) is 11.3 Å². The van der Waals surface area contributed by atoms with E-state index in [9.17, 15) is 0 Å². The maximum absolute atomic E-state index is 6.56. The molecule has 10 rings (SSSR count). The van der Waals surface area contributed by atoms with Gasteiger partial charge < -0.3 is 9.32 Å². The van der Waals surface area contributed by atoms with Crippen molar-refractivity contribution in [2.24, 2.45) is 0 Å². The zero-order chi connectivity index (χ0) is 29.5. The molecule has 0 aliphatic carbocycles. The minimum absolute atomic E-state index is 0.925. The van der Waals surface area contributed by atoms with Crippen LogP contribution in [-0.4, -0.2) is 0 Å². The summed E-state index contributed by atoms with van der Waals surface area (Å²) in [4.78, 5) is 2.41. The van der Waals surface area contributed by atoms with Gasteiger partial charge in [0.1, 0.15) is 11.2 Å². The van der Waals surface area contributed by atoms with Gasteiger partial charge in [0.25, 0.3) is 0 Å². The lowest BCUT2D eigenvalue weighted by Crippen LogP contribution is -2.10. The summed E-state index contributed by atoms with van der Waals surface area (Å²) in [5, 5.41) is 12.2. The molecule has 0 N–H and O–H groups in total. The summed E-state index contributed by atoms with van der Waals surface area (Å²) in [6, 6.07) is 54.7. The van der Waals surface area contributed by atoms with Crippen molar-refractivity contribution in [1.29, 1.82) is 0 Å². The topological polar surface area (TPSA) is 16.4 Å². The molecule has 0 atom stereocenters. The summed E-state index contributed by atoms with van der Waals surface area (Å²) in [5.74, 6) is 0. The molecule has 2 nitrogen and oxygen atoms in total. The molecule has 0 spiro atoms. The summed E-state index contributed by atoms with van der Waals surface area (Å²) in [7, 11) is 0. The number of thiophene rings is 1. The first-order chi connectivity index (χ1) is 22.3. The maximum atomic E-state index is 6.56. The molecule has 10 aromatic rings. The van der Waals surface area contributed by atoms with Crippen LogP contribution in [0.1, 0.15) is 0 Å². The van der Waals surface area contributed by atoms with E-state index in [0.717, 1.165) is 33.3 Å². The van der Waals surface area contributed by atoms with Gasteiger partial charge in [-0.25, -0.2) is 0 Å². The standard InChI is InChI=1S/C42H25NOS/c1-2-11-27(12-3-1)43(35-17-10-20-38-41(35)33-16-7-9-19-37(33)45-38)28-22-24-29-26(25-28)21-23-34-39(29)30-13-4-5-14-31(30)40-32-15-6-8-18-36(32)44-42(34)40/h1-25H. The first-order valence-corrected chi connectivity index (χ1v) is 16.1. The third-order valence-corrected chi connectivity index (χ3v) is 10.3. The molecule has 2 heterocycles. The molecule has 0 radical (unpaired) electrons. The van der Waals surface area contributed by atoms with Crippen molar-refractivity contribution in [3.63, 3.8) is 0 Å². The number of fused-ring (bicyclic) bond motifs is 13. The molecule has 0 bridgehead atoms. The number of hydrogen-bond donors (Lipinski definition) is 0. The summed E-state index contributed by atoms with van der Waals surface area (Å²) in [5.41, 5.74) is 5.33. The zero-order valence-electron chi connectivity index (χ0n) is 24.2. The Hall–Kier alpha value is -5.64. The van der Waals surface area contributed by atoms with Gasteiger partial charge in [0, 0.05) is 53.1 Å². The fraction of sp³-hybridized carbons (Fsp3) is 0. The summed E-state index contributed by atoms with van der Waals surface area (Å²) < 4.78 is 9.16. The monoisotopic (exact) mass is 591 g/mol. The maximum Gasteiger partial charge on any atom is 0.143 e. The van der Waals surface area contributed by atoms with Crippen LogP contribution in [0.25, 0.3) is 74.4 Å². The molecule has 0 aliphatic rings. The summed E-state index contributed by atoms with van der Waals surface area (Å²) in [6.45, 7) is 0. The van der Waals surface area contributed by atoms with E-state index < -0.39 is 0 Å². The molecule has 210 valence electrons. The van der Waals surface area contributed by atoms with E-state index in [1.54, 1.807) is 0 Å². The predicted molar refractivity (Wildman–Crippen MR) is 194 cm³/mol. The van der Waals surface area contributed by atoms with Crippen LogP contribution in [0.15, 0.2) is 156 Å². The van der Waals surface area contributed by atoms with Gasteiger partial charge in [0.05, 0.1) is 5.69 Å². The number of para-hydroxylation sites is 2. The third kappa shape index (κ3) is 3.56. The highest BCUT2D eigenvalue weighted by atomic mass is 32.1. The van der Waals surface area contributed by atoms with Crippen LogP contribution in [0.4, 0.5) is 17.1 Å². The number of anilines is 3. The fourth-order valence-electron chi connectivity index (χ4n) is 7.30. The van der Waals surface area contributed by atoms with Crippen LogP contribution >= 0.6 is 11.3 Å². The lowest BCUT2D eigenvalue weighted by Gasteiger charge is -2.27. The number of rotatable bonds is 3.